The Morgan fingerprint density at radius 3 is 1.45 bits per heavy atom. The van der Waals surface area contributed by atoms with Crippen LogP contribution in [0.4, 0.5) is 0 Å². The number of nitrogens with one attached hydrogen (secondary N) is 2. The Morgan fingerprint density at radius 1 is 0.700 bits per heavy atom. The summed E-state index contributed by atoms with van der Waals surface area (Å²) in [6.07, 6.45) is 2.82. The minimum Gasteiger partial charge on any atom is -0.315 e. The first kappa shape index (κ1) is 18.5. The molecular formula is C14H30Cl2N4. The molecule has 6 heteroatoms. The number of nitrogens with zero attached hydrogens (tertiary/aromatic N) is 2. The van der Waals surface area contributed by atoms with E-state index in [1.807, 2.05) is 0 Å². The third-order valence-corrected chi connectivity index (χ3v) is 5.45. The SMILES string of the molecule is CN1CCC2CNCC21.CN1CCC2CNCC21.Cl.Cl. The van der Waals surface area contributed by atoms with E-state index in [0.717, 1.165) is 23.9 Å². The summed E-state index contributed by atoms with van der Waals surface area (Å²) < 4.78 is 0. The van der Waals surface area contributed by atoms with E-state index >= 15 is 0 Å². The van der Waals surface area contributed by atoms with E-state index in [1.54, 1.807) is 0 Å². The molecule has 4 aliphatic heterocycles. The maximum atomic E-state index is 3.41. The van der Waals surface area contributed by atoms with Gasteiger partial charge in [-0.25, -0.2) is 0 Å². The molecule has 4 saturated heterocycles. The summed E-state index contributed by atoms with van der Waals surface area (Å²) in [6, 6.07) is 1.73. The molecule has 0 aliphatic carbocycles. The van der Waals surface area contributed by atoms with Gasteiger partial charge in [-0.1, -0.05) is 0 Å². The molecule has 120 valence electrons. The Kier molecular flexibility index (Phi) is 7.53. The van der Waals surface area contributed by atoms with Gasteiger partial charge in [0.1, 0.15) is 0 Å². The molecule has 4 nitrogen and oxygen atoms in total. The van der Waals surface area contributed by atoms with Crippen LogP contribution < -0.4 is 10.6 Å². The highest BCUT2D eigenvalue weighted by atomic mass is 35.5. The molecule has 20 heavy (non-hydrogen) atoms. The fourth-order valence-electron chi connectivity index (χ4n) is 4.13. The molecule has 2 N–H and O–H groups in total. The summed E-state index contributed by atoms with van der Waals surface area (Å²) in [7, 11) is 4.47. The Labute approximate surface area is 135 Å². The highest BCUT2D eigenvalue weighted by Gasteiger charge is 2.35. The van der Waals surface area contributed by atoms with Crippen LogP contribution in [0.1, 0.15) is 12.8 Å². The summed E-state index contributed by atoms with van der Waals surface area (Å²) in [5.74, 6) is 1.94. The van der Waals surface area contributed by atoms with Gasteiger partial charge in [0.05, 0.1) is 0 Å². The number of hydrogen-bond donors (Lipinski definition) is 2. The highest BCUT2D eigenvalue weighted by Crippen LogP contribution is 2.25. The number of rotatable bonds is 0. The van der Waals surface area contributed by atoms with Crippen molar-refractivity contribution in [3.05, 3.63) is 0 Å². The Morgan fingerprint density at radius 2 is 1.10 bits per heavy atom. The Balaban J connectivity index is 0.000000182. The lowest BCUT2D eigenvalue weighted by molar-refractivity contribution is 0.308. The van der Waals surface area contributed by atoms with Gasteiger partial charge in [0.2, 0.25) is 0 Å². The van der Waals surface area contributed by atoms with E-state index < -0.39 is 0 Å². The number of likely N-dealkylation sites (tertiary alicyclic amines) is 2. The second-order valence-electron chi connectivity index (χ2n) is 6.51. The fourth-order valence-corrected chi connectivity index (χ4v) is 4.13. The van der Waals surface area contributed by atoms with E-state index in [0.29, 0.717) is 0 Å². The second-order valence-corrected chi connectivity index (χ2v) is 6.51. The summed E-state index contributed by atoms with van der Waals surface area (Å²) in [5.41, 5.74) is 0. The van der Waals surface area contributed by atoms with Crippen molar-refractivity contribution in [2.75, 3.05) is 53.4 Å². The van der Waals surface area contributed by atoms with Crippen LogP contribution in [0.15, 0.2) is 0 Å². The summed E-state index contributed by atoms with van der Waals surface area (Å²) in [4.78, 5) is 4.95. The van der Waals surface area contributed by atoms with Crippen molar-refractivity contribution in [1.29, 1.82) is 0 Å². The minimum absolute atomic E-state index is 0. The monoisotopic (exact) mass is 324 g/mol. The normalized spacial score (nSPS) is 39.3. The lowest BCUT2D eigenvalue weighted by Crippen LogP contribution is -2.30. The summed E-state index contributed by atoms with van der Waals surface area (Å²) in [5, 5.41) is 6.83. The molecule has 0 amide bonds. The van der Waals surface area contributed by atoms with Gasteiger partial charge >= 0.3 is 0 Å². The van der Waals surface area contributed by atoms with Crippen molar-refractivity contribution < 1.29 is 0 Å². The summed E-state index contributed by atoms with van der Waals surface area (Å²) in [6.45, 7) is 7.60. The van der Waals surface area contributed by atoms with Crippen molar-refractivity contribution >= 4 is 24.8 Å². The fraction of sp³-hybridized carbons (Fsp3) is 1.00. The summed E-state index contributed by atoms with van der Waals surface area (Å²) >= 11 is 0. The van der Waals surface area contributed by atoms with Crippen LogP contribution in [-0.4, -0.2) is 75.2 Å². The van der Waals surface area contributed by atoms with Crippen LogP contribution in [0.2, 0.25) is 0 Å². The molecule has 4 atom stereocenters. The van der Waals surface area contributed by atoms with Gasteiger partial charge < -0.3 is 20.4 Å². The average Bonchev–Trinajstić information content (AvgIpc) is 3.06. The van der Waals surface area contributed by atoms with E-state index in [9.17, 15) is 0 Å². The lowest BCUT2D eigenvalue weighted by Gasteiger charge is -2.16. The number of halogens is 2. The van der Waals surface area contributed by atoms with Gasteiger partial charge in [0.15, 0.2) is 0 Å². The smallest absolute Gasteiger partial charge is 0.0258 e. The van der Waals surface area contributed by atoms with E-state index in [1.165, 1.54) is 52.1 Å². The number of hydrogen-bond acceptors (Lipinski definition) is 4. The van der Waals surface area contributed by atoms with E-state index in [-0.39, 0.29) is 24.8 Å². The first-order chi connectivity index (χ1) is 8.75. The van der Waals surface area contributed by atoms with Crippen LogP contribution in [0, 0.1) is 11.8 Å². The maximum Gasteiger partial charge on any atom is 0.0258 e. The molecule has 0 aromatic rings. The molecule has 4 aliphatic rings. The number of fused-ring (bicyclic) bond motifs is 2. The van der Waals surface area contributed by atoms with Crippen LogP contribution in [0.25, 0.3) is 0 Å². The molecule has 4 unspecified atom stereocenters. The van der Waals surface area contributed by atoms with E-state index in [2.05, 4.69) is 34.5 Å². The van der Waals surface area contributed by atoms with Crippen molar-refractivity contribution in [3.63, 3.8) is 0 Å². The van der Waals surface area contributed by atoms with Crippen LogP contribution in [0.3, 0.4) is 0 Å². The number of likely N-dealkylation sites (N-methyl/N-ethyl adjacent to an activating group) is 2. The van der Waals surface area contributed by atoms with Crippen molar-refractivity contribution in [1.82, 2.24) is 20.4 Å². The second kappa shape index (κ2) is 8.16. The van der Waals surface area contributed by atoms with Gasteiger partial charge in [0, 0.05) is 25.2 Å². The molecular weight excluding hydrogens is 295 g/mol. The zero-order chi connectivity index (χ0) is 12.5. The quantitative estimate of drug-likeness (QED) is 0.685. The first-order valence-corrected chi connectivity index (χ1v) is 7.57. The predicted molar refractivity (Wildman–Crippen MR) is 89.3 cm³/mol. The zero-order valence-corrected chi connectivity index (χ0v) is 14.3. The van der Waals surface area contributed by atoms with Crippen molar-refractivity contribution in [2.24, 2.45) is 11.8 Å². The lowest BCUT2D eigenvalue weighted by atomic mass is 10.1. The molecule has 0 saturated carbocycles. The predicted octanol–water partition coefficient (Wildman–Crippen LogP) is 0.663. The molecule has 0 aromatic carbocycles. The third kappa shape index (κ3) is 3.79. The van der Waals surface area contributed by atoms with Crippen molar-refractivity contribution in [3.8, 4) is 0 Å². The standard InChI is InChI=1S/2C7H14N2.2ClH/c2*1-9-3-2-6-4-8-5-7(6)9;;/h2*6-8H,2-5H2,1H3;2*1H. The van der Waals surface area contributed by atoms with Crippen LogP contribution in [0.5, 0.6) is 0 Å². The van der Waals surface area contributed by atoms with Gasteiger partial charge in [-0.05, 0) is 65.0 Å². The molecule has 0 bridgehead atoms. The van der Waals surface area contributed by atoms with E-state index in [4.69, 9.17) is 0 Å². The molecule has 4 heterocycles. The molecule has 0 aromatic heterocycles. The van der Waals surface area contributed by atoms with Gasteiger partial charge in [-0.3, -0.25) is 0 Å². The highest BCUT2D eigenvalue weighted by molar-refractivity contribution is 5.85. The van der Waals surface area contributed by atoms with Gasteiger partial charge in [-0.2, -0.15) is 0 Å². The van der Waals surface area contributed by atoms with Gasteiger partial charge in [0.25, 0.3) is 0 Å². The molecule has 4 rings (SSSR count). The van der Waals surface area contributed by atoms with Crippen molar-refractivity contribution in [2.45, 2.75) is 24.9 Å². The first-order valence-electron chi connectivity index (χ1n) is 7.57. The average molecular weight is 325 g/mol. The topological polar surface area (TPSA) is 30.5 Å². The molecule has 4 fully saturated rings. The van der Waals surface area contributed by atoms with Crippen LogP contribution in [-0.2, 0) is 0 Å². The Hall–Kier alpha value is 0.420. The van der Waals surface area contributed by atoms with Gasteiger partial charge in [-0.15, -0.1) is 24.8 Å². The van der Waals surface area contributed by atoms with Crippen LogP contribution >= 0.6 is 24.8 Å². The minimum atomic E-state index is 0. The Bertz CT molecular complexity index is 264. The molecule has 0 radical (unpaired) electrons. The largest absolute Gasteiger partial charge is 0.315 e. The zero-order valence-electron chi connectivity index (χ0n) is 12.7. The maximum absolute atomic E-state index is 3.41. The third-order valence-electron chi connectivity index (χ3n) is 5.45. The molecule has 0 spiro atoms.